The van der Waals surface area contributed by atoms with Crippen molar-refractivity contribution in [3.8, 4) is 45.2 Å². The number of aromatic hydroxyl groups is 1. The second-order valence-corrected chi connectivity index (χ2v) is 10.5. The first-order valence-electron chi connectivity index (χ1n) is 14.1. The summed E-state index contributed by atoms with van der Waals surface area (Å²) in [6.07, 6.45) is 1.82. The first-order valence-corrected chi connectivity index (χ1v) is 14.1. The van der Waals surface area contributed by atoms with E-state index in [2.05, 4.69) is 89.3 Å². The zero-order chi connectivity index (χ0) is 28.5. The van der Waals surface area contributed by atoms with Gasteiger partial charge in [0.05, 0.1) is 22.3 Å². The molecule has 2 aromatic heterocycles. The lowest BCUT2D eigenvalue weighted by Crippen LogP contribution is -2.03. The number of phenols is 1. The van der Waals surface area contributed by atoms with Gasteiger partial charge in [-0.05, 0) is 59.2 Å². The monoisotopic (exact) mass is 543 g/mol. The Morgan fingerprint density at radius 3 is 2.12 bits per heavy atom. The minimum absolute atomic E-state index is 0.110. The van der Waals surface area contributed by atoms with Gasteiger partial charge in [-0.2, -0.15) is 0 Å². The van der Waals surface area contributed by atoms with Crippen LogP contribution in [-0.4, -0.2) is 19.6 Å². The van der Waals surface area contributed by atoms with E-state index in [4.69, 9.17) is 4.98 Å². The maximum absolute atomic E-state index is 11.0. The molecule has 0 bridgehead atoms. The molecule has 0 fully saturated rings. The lowest BCUT2D eigenvalue weighted by molar-refractivity contribution is 0.477. The predicted molar refractivity (Wildman–Crippen MR) is 171 cm³/mol. The van der Waals surface area contributed by atoms with E-state index in [-0.39, 0.29) is 11.7 Å². The summed E-state index contributed by atoms with van der Waals surface area (Å²) >= 11 is 0. The van der Waals surface area contributed by atoms with Crippen LogP contribution >= 0.6 is 0 Å². The zero-order valence-corrected chi connectivity index (χ0v) is 23.2. The number of hydrogen-bond donors (Lipinski definition) is 1. The fourth-order valence-electron chi connectivity index (χ4n) is 5.76. The normalized spacial score (nSPS) is 11.9. The van der Waals surface area contributed by atoms with Gasteiger partial charge in [0.1, 0.15) is 11.6 Å². The summed E-state index contributed by atoms with van der Waals surface area (Å²) < 4.78 is 2.20. The number of hydrogen-bond acceptors (Lipinski definition) is 3. The van der Waals surface area contributed by atoms with Crippen LogP contribution in [0.2, 0.25) is 0 Å². The summed E-state index contributed by atoms with van der Waals surface area (Å²) in [6.45, 7) is 2.24. The molecule has 7 aromatic rings. The number of fused-ring (bicyclic) bond motifs is 1. The van der Waals surface area contributed by atoms with Gasteiger partial charge in [-0.1, -0.05) is 104 Å². The highest BCUT2D eigenvalue weighted by atomic mass is 16.3. The second-order valence-electron chi connectivity index (χ2n) is 10.5. The van der Waals surface area contributed by atoms with Gasteiger partial charge < -0.3 is 5.11 Å². The standard InChI is InChI=1S/C38H29N3O/c1-26(27-13-4-2-5-14-27)31-22-23-32(28-15-12-16-29(25-28)34-20-10-11-24-39-34)36-37(31)41(30-17-6-3-7-18-30)38(40-36)33-19-8-9-21-35(33)42/h2-26,42H,1H3. The van der Waals surface area contributed by atoms with E-state index >= 15 is 0 Å². The van der Waals surface area contributed by atoms with Crippen LogP contribution in [0.4, 0.5) is 0 Å². The van der Waals surface area contributed by atoms with Crippen molar-refractivity contribution in [2.45, 2.75) is 12.8 Å². The van der Waals surface area contributed by atoms with E-state index in [1.807, 2.05) is 66.9 Å². The Kier molecular flexibility index (Phi) is 6.57. The first-order chi connectivity index (χ1) is 20.7. The Hall–Kier alpha value is -5.48. The maximum Gasteiger partial charge on any atom is 0.149 e. The number of imidazole rings is 1. The third kappa shape index (κ3) is 4.53. The Balaban J connectivity index is 1.56. The van der Waals surface area contributed by atoms with Gasteiger partial charge in [-0.3, -0.25) is 9.55 Å². The highest BCUT2D eigenvalue weighted by molar-refractivity contribution is 5.98. The molecule has 0 radical (unpaired) electrons. The van der Waals surface area contributed by atoms with Gasteiger partial charge in [0.25, 0.3) is 0 Å². The summed E-state index contributed by atoms with van der Waals surface area (Å²) in [5.74, 6) is 1.00. The second kappa shape index (κ2) is 10.8. The average Bonchev–Trinajstić information content (AvgIpc) is 3.46. The summed E-state index contributed by atoms with van der Waals surface area (Å²) in [4.78, 5) is 9.90. The molecule has 1 N–H and O–H groups in total. The largest absolute Gasteiger partial charge is 0.507 e. The van der Waals surface area contributed by atoms with Crippen LogP contribution in [-0.2, 0) is 0 Å². The summed E-state index contributed by atoms with van der Waals surface area (Å²) in [5.41, 5.74) is 10.0. The average molecular weight is 544 g/mol. The highest BCUT2D eigenvalue weighted by Crippen LogP contribution is 2.42. The molecule has 0 aliphatic carbocycles. The van der Waals surface area contributed by atoms with Crippen LogP contribution in [0.25, 0.3) is 50.5 Å². The molecule has 0 amide bonds. The van der Waals surface area contributed by atoms with E-state index in [0.29, 0.717) is 11.4 Å². The topological polar surface area (TPSA) is 50.9 Å². The number of rotatable bonds is 6. The van der Waals surface area contributed by atoms with Crippen LogP contribution < -0.4 is 0 Å². The summed E-state index contributed by atoms with van der Waals surface area (Å²) in [6, 6.07) is 47.1. The molecule has 0 saturated heterocycles. The van der Waals surface area contributed by atoms with Crippen LogP contribution in [0.3, 0.4) is 0 Å². The van der Waals surface area contributed by atoms with Gasteiger partial charge in [0.2, 0.25) is 0 Å². The molecule has 0 aliphatic rings. The van der Waals surface area contributed by atoms with Crippen LogP contribution in [0.15, 0.2) is 146 Å². The molecule has 5 aromatic carbocycles. The van der Waals surface area contributed by atoms with E-state index in [1.54, 1.807) is 6.07 Å². The van der Waals surface area contributed by atoms with Gasteiger partial charge in [0, 0.05) is 28.9 Å². The number of nitrogens with zero attached hydrogens (tertiary/aromatic N) is 3. The summed E-state index contributed by atoms with van der Waals surface area (Å²) in [7, 11) is 0. The fraction of sp³-hybridized carbons (Fsp3) is 0.0526. The quantitative estimate of drug-likeness (QED) is 0.227. The molecule has 42 heavy (non-hydrogen) atoms. The van der Waals surface area contributed by atoms with Gasteiger partial charge >= 0.3 is 0 Å². The van der Waals surface area contributed by atoms with Gasteiger partial charge in [-0.15, -0.1) is 0 Å². The molecule has 4 nitrogen and oxygen atoms in total. The van der Waals surface area contributed by atoms with Crippen molar-refractivity contribution in [2.24, 2.45) is 0 Å². The highest BCUT2D eigenvalue weighted by Gasteiger charge is 2.24. The molecule has 2 heterocycles. The van der Waals surface area contributed by atoms with E-state index in [9.17, 15) is 5.11 Å². The predicted octanol–water partition coefficient (Wildman–Crippen LogP) is 9.28. The Morgan fingerprint density at radius 1 is 0.643 bits per heavy atom. The lowest BCUT2D eigenvalue weighted by Gasteiger charge is -2.18. The Morgan fingerprint density at radius 2 is 1.36 bits per heavy atom. The van der Waals surface area contributed by atoms with Crippen LogP contribution in [0.1, 0.15) is 24.0 Å². The van der Waals surface area contributed by atoms with E-state index in [0.717, 1.165) is 39.1 Å². The number of aromatic nitrogens is 3. The fourth-order valence-corrected chi connectivity index (χ4v) is 5.76. The molecular weight excluding hydrogens is 514 g/mol. The number of benzene rings is 5. The van der Waals surface area contributed by atoms with Crippen molar-refractivity contribution in [1.82, 2.24) is 14.5 Å². The first kappa shape index (κ1) is 25.5. The number of para-hydroxylation sites is 2. The van der Waals surface area contributed by atoms with E-state index in [1.165, 1.54) is 11.1 Å². The van der Waals surface area contributed by atoms with Crippen molar-refractivity contribution in [3.05, 3.63) is 157 Å². The smallest absolute Gasteiger partial charge is 0.149 e. The Bertz CT molecular complexity index is 2000. The molecular formula is C38H29N3O. The molecule has 0 spiro atoms. The molecule has 4 heteroatoms. The third-order valence-corrected chi connectivity index (χ3v) is 7.90. The van der Waals surface area contributed by atoms with Gasteiger partial charge in [0.15, 0.2) is 0 Å². The SMILES string of the molecule is CC(c1ccccc1)c1ccc(-c2cccc(-c3ccccn3)c2)c2nc(-c3ccccc3O)n(-c3ccccc3)c12. The van der Waals surface area contributed by atoms with E-state index < -0.39 is 0 Å². The van der Waals surface area contributed by atoms with Crippen molar-refractivity contribution in [1.29, 1.82) is 0 Å². The summed E-state index contributed by atoms with van der Waals surface area (Å²) in [5, 5.41) is 11.0. The lowest BCUT2D eigenvalue weighted by atomic mass is 9.90. The third-order valence-electron chi connectivity index (χ3n) is 7.90. The number of pyridine rings is 1. The minimum atomic E-state index is 0.110. The van der Waals surface area contributed by atoms with Crippen molar-refractivity contribution >= 4 is 11.0 Å². The molecule has 0 aliphatic heterocycles. The maximum atomic E-state index is 11.0. The van der Waals surface area contributed by atoms with Crippen molar-refractivity contribution in [3.63, 3.8) is 0 Å². The molecule has 1 unspecified atom stereocenters. The molecule has 1 atom stereocenters. The molecule has 202 valence electrons. The number of phenolic OH excluding ortho intramolecular Hbond substituents is 1. The van der Waals surface area contributed by atoms with Crippen molar-refractivity contribution < 1.29 is 5.11 Å². The Labute approximate surface area is 245 Å². The minimum Gasteiger partial charge on any atom is -0.507 e. The zero-order valence-electron chi connectivity index (χ0n) is 23.2. The van der Waals surface area contributed by atoms with Crippen LogP contribution in [0, 0.1) is 0 Å². The van der Waals surface area contributed by atoms with Crippen molar-refractivity contribution in [2.75, 3.05) is 0 Å². The molecule has 7 rings (SSSR count). The molecule has 0 saturated carbocycles. The van der Waals surface area contributed by atoms with Crippen LogP contribution in [0.5, 0.6) is 5.75 Å². The van der Waals surface area contributed by atoms with Gasteiger partial charge in [-0.25, -0.2) is 4.98 Å².